The molecule has 1 aromatic carbocycles. The molecule has 38 heavy (non-hydrogen) atoms. The van der Waals surface area contributed by atoms with Crippen LogP contribution >= 0.6 is 11.3 Å². The van der Waals surface area contributed by atoms with Gasteiger partial charge in [0.1, 0.15) is 15.8 Å². The van der Waals surface area contributed by atoms with Crippen LogP contribution < -0.4 is 4.90 Å². The van der Waals surface area contributed by atoms with Crippen LogP contribution in [0.15, 0.2) is 42.6 Å². The number of ether oxygens (including phenoxy) is 1. The molecule has 0 atom stereocenters. The minimum absolute atomic E-state index is 0.313. The minimum atomic E-state index is 0.313. The largest absolute Gasteiger partial charge is 0.396 e. The van der Waals surface area contributed by atoms with Gasteiger partial charge >= 0.3 is 0 Å². The number of piperidine rings is 1. The van der Waals surface area contributed by atoms with Crippen LogP contribution in [-0.4, -0.2) is 52.2 Å². The van der Waals surface area contributed by atoms with Gasteiger partial charge in [0.25, 0.3) is 0 Å². The summed E-state index contributed by atoms with van der Waals surface area (Å²) in [6, 6.07) is 13.0. The van der Waals surface area contributed by atoms with Crippen molar-refractivity contribution in [1.82, 2.24) is 15.2 Å². The predicted octanol–water partition coefficient (Wildman–Crippen LogP) is 6.85. The highest BCUT2D eigenvalue weighted by Crippen LogP contribution is 2.38. The molecule has 2 aromatic heterocycles. The summed E-state index contributed by atoms with van der Waals surface area (Å²) in [7, 11) is 0. The van der Waals surface area contributed by atoms with E-state index in [1.54, 1.807) is 11.3 Å². The maximum absolute atomic E-state index is 9.40. The average molecular weight is 533 g/mol. The monoisotopic (exact) mass is 532 g/mol. The standard InChI is InChI=1S/C31H40N4O2S/c36-21-22-6-8-24(9-7-22)30-33-34-31(38-30)25-12-10-23(11-13-25)26-14-15-29(32-20-26)35-18-16-28(17-19-35)37-27-4-2-1-3-5-27/h10-15,20,22,24,27-28,36H,1-9,16-19,21H2. The second-order valence-electron chi connectivity index (χ2n) is 11.4. The summed E-state index contributed by atoms with van der Waals surface area (Å²) < 4.78 is 6.41. The van der Waals surface area contributed by atoms with E-state index >= 15 is 0 Å². The average Bonchev–Trinajstić information content (AvgIpc) is 3.49. The van der Waals surface area contributed by atoms with E-state index < -0.39 is 0 Å². The van der Waals surface area contributed by atoms with Gasteiger partial charge in [0.05, 0.1) is 12.2 Å². The van der Waals surface area contributed by atoms with E-state index in [4.69, 9.17) is 9.72 Å². The van der Waals surface area contributed by atoms with E-state index in [1.807, 2.05) is 6.20 Å². The van der Waals surface area contributed by atoms with Gasteiger partial charge in [-0.1, -0.05) is 54.9 Å². The van der Waals surface area contributed by atoms with E-state index in [-0.39, 0.29) is 0 Å². The molecule has 0 unspecified atom stereocenters. The third kappa shape index (κ3) is 6.11. The number of nitrogens with zero attached hydrogens (tertiary/aromatic N) is 4. The fourth-order valence-corrected chi connectivity index (χ4v) is 7.37. The van der Waals surface area contributed by atoms with Crippen LogP contribution in [0.25, 0.3) is 21.7 Å². The Balaban J connectivity index is 1.03. The molecule has 0 bridgehead atoms. The van der Waals surface area contributed by atoms with Gasteiger partial charge < -0.3 is 14.7 Å². The van der Waals surface area contributed by atoms with Gasteiger partial charge in [0, 0.05) is 42.9 Å². The van der Waals surface area contributed by atoms with E-state index in [0.717, 1.165) is 78.6 Å². The van der Waals surface area contributed by atoms with Crippen molar-refractivity contribution in [3.05, 3.63) is 47.6 Å². The summed E-state index contributed by atoms with van der Waals surface area (Å²) in [6.07, 6.45) is 16.0. The topological polar surface area (TPSA) is 71.4 Å². The molecule has 6 nitrogen and oxygen atoms in total. The molecule has 3 aliphatic rings. The first kappa shape index (κ1) is 25.9. The van der Waals surface area contributed by atoms with E-state index in [2.05, 4.69) is 51.5 Å². The maximum Gasteiger partial charge on any atom is 0.147 e. The van der Waals surface area contributed by atoms with Crippen molar-refractivity contribution in [2.45, 2.75) is 88.8 Å². The summed E-state index contributed by atoms with van der Waals surface area (Å²) in [5.41, 5.74) is 3.42. The molecule has 0 spiro atoms. The van der Waals surface area contributed by atoms with Gasteiger partial charge in [-0.3, -0.25) is 0 Å². The SMILES string of the molecule is OCC1CCC(c2nnc(-c3ccc(-c4ccc(N5CCC(OC6CCCCC6)CC5)nc4)cc3)s2)CC1. The van der Waals surface area contributed by atoms with Gasteiger partial charge in [0.15, 0.2) is 0 Å². The fraction of sp³-hybridized carbons (Fsp3) is 0.581. The Kier molecular flexibility index (Phi) is 8.33. The molecule has 6 rings (SSSR count). The molecule has 202 valence electrons. The van der Waals surface area contributed by atoms with Crippen LogP contribution in [0, 0.1) is 5.92 Å². The van der Waals surface area contributed by atoms with E-state index in [0.29, 0.717) is 30.7 Å². The van der Waals surface area contributed by atoms with Crippen molar-refractivity contribution >= 4 is 17.2 Å². The van der Waals surface area contributed by atoms with Gasteiger partial charge in [-0.25, -0.2) is 4.98 Å². The normalized spacial score (nSPS) is 23.6. The maximum atomic E-state index is 9.40. The molecule has 7 heteroatoms. The van der Waals surface area contributed by atoms with Crippen molar-refractivity contribution in [2.24, 2.45) is 5.92 Å². The van der Waals surface area contributed by atoms with E-state index in [1.165, 1.54) is 37.7 Å². The van der Waals surface area contributed by atoms with Crippen LogP contribution in [0.4, 0.5) is 5.82 Å². The predicted molar refractivity (Wildman–Crippen MR) is 154 cm³/mol. The number of benzene rings is 1. The van der Waals surface area contributed by atoms with Gasteiger partial charge in [0.2, 0.25) is 0 Å². The lowest BCUT2D eigenvalue weighted by atomic mass is 9.83. The third-order valence-electron chi connectivity index (χ3n) is 8.81. The van der Waals surface area contributed by atoms with Crippen molar-refractivity contribution < 1.29 is 9.84 Å². The molecule has 0 radical (unpaired) electrons. The first-order valence-electron chi connectivity index (χ1n) is 14.7. The van der Waals surface area contributed by atoms with Crippen molar-refractivity contribution in [2.75, 3.05) is 24.6 Å². The van der Waals surface area contributed by atoms with Crippen molar-refractivity contribution in [1.29, 1.82) is 0 Å². The summed E-state index contributed by atoms with van der Waals surface area (Å²) in [4.78, 5) is 7.22. The number of anilines is 1. The zero-order chi connectivity index (χ0) is 25.7. The lowest BCUT2D eigenvalue weighted by Gasteiger charge is -2.35. The Morgan fingerprint density at radius 2 is 1.45 bits per heavy atom. The molecular formula is C31H40N4O2S. The number of aromatic nitrogens is 3. The zero-order valence-electron chi connectivity index (χ0n) is 22.3. The zero-order valence-corrected chi connectivity index (χ0v) is 23.1. The first-order chi connectivity index (χ1) is 18.7. The Labute approximate surface area is 230 Å². The molecule has 1 N–H and O–H groups in total. The number of rotatable bonds is 7. The van der Waals surface area contributed by atoms with Gasteiger partial charge in [-0.2, -0.15) is 0 Å². The second-order valence-corrected chi connectivity index (χ2v) is 12.4. The van der Waals surface area contributed by atoms with Crippen molar-refractivity contribution in [3.63, 3.8) is 0 Å². The smallest absolute Gasteiger partial charge is 0.147 e. The minimum Gasteiger partial charge on any atom is -0.396 e. The molecular weight excluding hydrogens is 492 g/mol. The van der Waals surface area contributed by atoms with Crippen LogP contribution in [-0.2, 0) is 4.74 Å². The van der Waals surface area contributed by atoms with Crippen LogP contribution in [0.1, 0.15) is 81.6 Å². The fourth-order valence-electron chi connectivity index (χ4n) is 6.35. The third-order valence-corrected chi connectivity index (χ3v) is 9.95. The Morgan fingerprint density at radius 3 is 2.13 bits per heavy atom. The number of aliphatic hydroxyl groups is 1. The molecule has 2 aliphatic carbocycles. The number of aliphatic hydroxyl groups excluding tert-OH is 1. The Bertz CT molecular complexity index is 1140. The highest BCUT2D eigenvalue weighted by molar-refractivity contribution is 7.14. The molecule has 0 amide bonds. The highest BCUT2D eigenvalue weighted by Gasteiger charge is 2.26. The summed E-state index contributed by atoms with van der Waals surface area (Å²) in [6.45, 7) is 2.35. The lowest BCUT2D eigenvalue weighted by molar-refractivity contribution is -0.0395. The molecule has 2 saturated carbocycles. The van der Waals surface area contributed by atoms with Gasteiger partial charge in [-0.05, 0) is 75.0 Å². The first-order valence-corrected chi connectivity index (χ1v) is 15.5. The molecule has 3 fully saturated rings. The van der Waals surface area contributed by atoms with Crippen molar-refractivity contribution in [3.8, 4) is 21.7 Å². The Morgan fingerprint density at radius 1 is 0.763 bits per heavy atom. The summed E-state index contributed by atoms with van der Waals surface area (Å²) in [5, 5.41) is 20.5. The molecule has 1 saturated heterocycles. The molecule has 3 aromatic rings. The number of pyridine rings is 1. The molecule has 1 aliphatic heterocycles. The quantitative estimate of drug-likeness (QED) is 0.359. The second kappa shape index (κ2) is 12.2. The van der Waals surface area contributed by atoms with E-state index in [9.17, 15) is 5.11 Å². The lowest BCUT2D eigenvalue weighted by Crippen LogP contribution is -2.39. The molecule has 3 heterocycles. The highest BCUT2D eigenvalue weighted by atomic mass is 32.1. The Hall–Kier alpha value is -2.35. The number of hydrogen-bond acceptors (Lipinski definition) is 7. The van der Waals surface area contributed by atoms with Crippen LogP contribution in [0.3, 0.4) is 0 Å². The van der Waals surface area contributed by atoms with Gasteiger partial charge in [-0.15, -0.1) is 10.2 Å². The van der Waals surface area contributed by atoms with Crippen LogP contribution in [0.5, 0.6) is 0 Å². The number of hydrogen-bond donors (Lipinski definition) is 1. The summed E-state index contributed by atoms with van der Waals surface area (Å²) in [5.74, 6) is 2.02. The summed E-state index contributed by atoms with van der Waals surface area (Å²) >= 11 is 1.72. The van der Waals surface area contributed by atoms with Crippen LogP contribution in [0.2, 0.25) is 0 Å².